The van der Waals surface area contributed by atoms with Crippen LogP contribution in [0.25, 0.3) is 10.9 Å². The maximum atomic E-state index is 12.5. The fourth-order valence-corrected chi connectivity index (χ4v) is 4.76. The Bertz CT molecular complexity index is 897. The van der Waals surface area contributed by atoms with E-state index in [0.717, 1.165) is 19.4 Å². The van der Waals surface area contributed by atoms with E-state index in [1.54, 1.807) is 4.90 Å². The zero-order chi connectivity index (χ0) is 19.1. The number of carbonyl (C=O) groups excluding carboxylic acids is 2. The fraction of sp³-hybridized carbons (Fsp3) is 0.545. The van der Waals surface area contributed by atoms with Gasteiger partial charge in [-0.25, -0.2) is 0 Å². The molecule has 1 unspecified atom stereocenters. The molecule has 4 rings (SSSR count). The molecule has 1 N–H and O–H groups in total. The van der Waals surface area contributed by atoms with Crippen molar-refractivity contribution in [2.75, 3.05) is 13.1 Å². The van der Waals surface area contributed by atoms with Gasteiger partial charge in [0.05, 0.1) is 11.4 Å². The number of hydrogen-bond donors (Lipinski definition) is 1. The van der Waals surface area contributed by atoms with Crippen LogP contribution in [0.1, 0.15) is 43.5 Å². The third-order valence-electron chi connectivity index (χ3n) is 6.21. The van der Waals surface area contributed by atoms with Crippen molar-refractivity contribution in [3.8, 4) is 0 Å². The number of likely N-dealkylation sites (tertiary alicyclic amines) is 1. The van der Waals surface area contributed by atoms with Crippen LogP contribution in [-0.4, -0.2) is 40.4 Å². The molecule has 1 fully saturated rings. The van der Waals surface area contributed by atoms with Crippen LogP contribution >= 0.6 is 0 Å². The fourth-order valence-electron chi connectivity index (χ4n) is 4.76. The summed E-state index contributed by atoms with van der Waals surface area (Å²) in [6.07, 6.45) is 3.52. The predicted octanol–water partition coefficient (Wildman–Crippen LogP) is 2.81. The van der Waals surface area contributed by atoms with E-state index in [1.807, 2.05) is 13.8 Å². The molecule has 5 nitrogen and oxygen atoms in total. The highest BCUT2D eigenvalue weighted by Gasteiger charge is 2.35. The second kappa shape index (κ2) is 7.02. The lowest BCUT2D eigenvalue weighted by molar-refractivity contribution is -0.129. The molecule has 0 saturated carbocycles. The summed E-state index contributed by atoms with van der Waals surface area (Å²) in [5, 5.41) is 4.41. The number of aromatic nitrogens is 1. The summed E-state index contributed by atoms with van der Waals surface area (Å²) in [5.74, 6) is -0.107. The van der Waals surface area contributed by atoms with Crippen LogP contribution in [0.5, 0.6) is 0 Å². The van der Waals surface area contributed by atoms with E-state index in [9.17, 15) is 9.59 Å². The van der Waals surface area contributed by atoms with E-state index in [4.69, 9.17) is 0 Å². The lowest BCUT2D eigenvalue weighted by Gasteiger charge is -2.20. The Kier molecular flexibility index (Phi) is 4.70. The number of hydrogen-bond acceptors (Lipinski definition) is 2. The molecular weight excluding hydrogens is 338 g/mol. The monoisotopic (exact) mass is 367 g/mol. The Morgan fingerprint density at radius 1 is 1.33 bits per heavy atom. The molecule has 1 atom stereocenters. The zero-order valence-corrected chi connectivity index (χ0v) is 16.5. The lowest BCUT2D eigenvalue weighted by Crippen LogP contribution is -2.36. The SMILES string of the molecule is Cc1c(CCNC(=O)C2CC(=O)N(C(C)C)C2)c2cccc3c2n1CCC3. The summed E-state index contributed by atoms with van der Waals surface area (Å²) in [4.78, 5) is 26.4. The second-order valence-corrected chi connectivity index (χ2v) is 8.21. The predicted molar refractivity (Wildman–Crippen MR) is 107 cm³/mol. The molecule has 0 spiro atoms. The lowest BCUT2D eigenvalue weighted by atomic mass is 10.0. The molecule has 2 aliphatic heterocycles. The summed E-state index contributed by atoms with van der Waals surface area (Å²) in [5.41, 5.74) is 5.50. The van der Waals surface area contributed by atoms with Crippen LogP contribution in [0, 0.1) is 12.8 Å². The Morgan fingerprint density at radius 3 is 2.89 bits per heavy atom. The van der Waals surface area contributed by atoms with Crippen molar-refractivity contribution in [1.29, 1.82) is 0 Å². The summed E-state index contributed by atoms with van der Waals surface area (Å²) in [7, 11) is 0. The molecule has 0 bridgehead atoms. The molecule has 1 aromatic heterocycles. The van der Waals surface area contributed by atoms with Crippen molar-refractivity contribution in [2.24, 2.45) is 5.92 Å². The molecule has 0 radical (unpaired) electrons. The summed E-state index contributed by atoms with van der Waals surface area (Å²) < 4.78 is 2.45. The average molecular weight is 367 g/mol. The number of aryl methyl sites for hydroxylation is 2. The molecule has 1 aromatic carbocycles. The Morgan fingerprint density at radius 2 is 2.15 bits per heavy atom. The van der Waals surface area contributed by atoms with Crippen molar-refractivity contribution < 1.29 is 9.59 Å². The quantitative estimate of drug-likeness (QED) is 0.883. The topological polar surface area (TPSA) is 54.3 Å². The molecule has 0 aliphatic carbocycles. The number of rotatable bonds is 5. The number of carbonyl (C=O) groups is 2. The van der Waals surface area contributed by atoms with Gasteiger partial charge in [-0.15, -0.1) is 0 Å². The van der Waals surface area contributed by atoms with Crippen LogP contribution in [-0.2, 0) is 29.0 Å². The first-order valence-corrected chi connectivity index (χ1v) is 10.1. The highest BCUT2D eigenvalue weighted by Crippen LogP contribution is 2.32. The van der Waals surface area contributed by atoms with E-state index >= 15 is 0 Å². The number of nitrogens with zero attached hydrogens (tertiary/aromatic N) is 2. The maximum absolute atomic E-state index is 12.5. The molecule has 5 heteroatoms. The van der Waals surface area contributed by atoms with Gasteiger partial charge in [0.2, 0.25) is 11.8 Å². The summed E-state index contributed by atoms with van der Waals surface area (Å²) in [6.45, 7) is 8.44. The van der Waals surface area contributed by atoms with Gasteiger partial charge in [0, 0.05) is 43.2 Å². The number of para-hydroxylation sites is 1. The first-order chi connectivity index (χ1) is 13.0. The van der Waals surface area contributed by atoms with Crippen molar-refractivity contribution >= 4 is 22.7 Å². The minimum Gasteiger partial charge on any atom is -0.355 e. The third-order valence-corrected chi connectivity index (χ3v) is 6.21. The Labute approximate surface area is 160 Å². The van der Waals surface area contributed by atoms with Gasteiger partial charge in [-0.05, 0) is 51.2 Å². The van der Waals surface area contributed by atoms with Crippen molar-refractivity contribution in [3.05, 3.63) is 35.0 Å². The maximum Gasteiger partial charge on any atom is 0.225 e. The van der Waals surface area contributed by atoms with E-state index < -0.39 is 0 Å². The molecule has 27 heavy (non-hydrogen) atoms. The number of nitrogens with one attached hydrogen (secondary N) is 1. The number of amides is 2. The molecule has 2 amide bonds. The van der Waals surface area contributed by atoms with Crippen LogP contribution in [0.3, 0.4) is 0 Å². The van der Waals surface area contributed by atoms with Gasteiger partial charge >= 0.3 is 0 Å². The standard InChI is InChI=1S/C22H29N3O2/c1-14(2)25-13-17(12-20(25)26)22(27)23-10-9-18-15(3)24-11-5-7-16-6-4-8-19(18)21(16)24/h4,6,8,14,17H,5,7,9-13H2,1-3H3,(H,23,27). The van der Waals surface area contributed by atoms with Gasteiger partial charge in [-0.3, -0.25) is 9.59 Å². The van der Waals surface area contributed by atoms with Crippen molar-refractivity contribution in [1.82, 2.24) is 14.8 Å². The van der Waals surface area contributed by atoms with Crippen LogP contribution in [0.4, 0.5) is 0 Å². The van der Waals surface area contributed by atoms with Gasteiger partial charge in [0.15, 0.2) is 0 Å². The first-order valence-electron chi connectivity index (χ1n) is 10.1. The second-order valence-electron chi connectivity index (χ2n) is 8.21. The van der Waals surface area contributed by atoms with Gasteiger partial charge < -0.3 is 14.8 Å². The average Bonchev–Trinajstić information content (AvgIpc) is 3.17. The van der Waals surface area contributed by atoms with Gasteiger partial charge in [0.1, 0.15) is 0 Å². The Hall–Kier alpha value is -2.30. The minimum absolute atomic E-state index is 0.0119. The zero-order valence-electron chi connectivity index (χ0n) is 16.5. The highest BCUT2D eigenvalue weighted by molar-refractivity contribution is 5.90. The van der Waals surface area contributed by atoms with E-state index in [1.165, 1.54) is 34.1 Å². The molecule has 2 aromatic rings. The molecule has 144 valence electrons. The van der Waals surface area contributed by atoms with Crippen molar-refractivity contribution in [3.63, 3.8) is 0 Å². The Balaban J connectivity index is 1.43. The number of benzene rings is 1. The van der Waals surface area contributed by atoms with Crippen LogP contribution < -0.4 is 5.32 Å². The third kappa shape index (κ3) is 3.13. The van der Waals surface area contributed by atoms with Gasteiger partial charge in [-0.2, -0.15) is 0 Å². The van der Waals surface area contributed by atoms with E-state index in [0.29, 0.717) is 19.5 Å². The molecule has 2 aliphatic rings. The smallest absolute Gasteiger partial charge is 0.225 e. The highest BCUT2D eigenvalue weighted by atomic mass is 16.2. The van der Waals surface area contributed by atoms with Crippen LogP contribution in [0.2, 0.25) is 0 Å². The minimum atomic E-state index is -0.212. The molecular formula is C22H29N3O2. The van der Waals surface area contributed by atoms with Crippen LogP contribution in [0.15, 0.2) is 18.2 Å². The normalized spacial score (nSPS) is 19.3. The largest absolute Gasteiger partial charge is 0.355 e. The van der Waals surface area contributed by atoms with E-state index in [-0.39, 0.29) is 23.8 Å². The van der Waals surface area contributed by atoms with Crippen molar-refractivity contribution in [2.45, 2.75) is 59.0 Å². The summed E-state index contributed by atoms with van der Waals surface area (Å²) in [6, 6.07) is 6.76. The van der Waals surface area contributed by atoms with Gasteiger partial charge in [0.25, 0.3) is 0 Å². The summed E-state index contributed by atoms with van der Waals surface area (Å²) >= 11 is 0. The van der Waals surface area contributed by atoms with E-state index in [2.05, 4.69) is 35.0 Å². The molecule has 3 heterocycles. The first kappa shape index (κ1) is 18.1. The van der Waals surface area contributed by atoms with Gasteiger partial charge in [-0.1, -0.05) is 18.2 Å². The molecule has 1 saturated heterocycles.